The van der Waals surface area contributed by atoms with Crippen LogP contribution in [0.4, 0.5) is 0 Å². The number of hydrogen-bond acceptors (Lipinski definition) is 3. The van der Waals surface area contributed by atoms with Gasteiger partial charge in [0.15, 0.2) is 0 Å². The van der Waals surface area contributed by atoms with Gasteiger partial charge in [0.2, 0.25) is 0 Å². The molecular weight excluding hydrogens is 246 g/mol. The van der Waals surface area contributed by atoms with Crippen LogP contribution in [-0.4, -0.2) is 22.6 Å². The maximum Gasteiger partial charge on any atom is 0.125 e. The summed E-state index contributed by atoms with van der Waals surface area (Å²) in [6.45, 7) is 3.00. The zero-order valence-corrected chi connectivity index (χ0v) is 12.4. The lowest BCUT2D eigenvalue weighted by atomic mass is 9.83. The summed E-state index contributed by atoms with van der Waals surface area (Å²) in [4.78, 5) is 8.72. The minimum absolute atomic E-state index is 0.755. The van der Waals surface area contributed by atoms with E-state index in [1.54, 1.807) is 5.57 Å². The first kappa shape index (κ1) is 13.7. The summed E-state index contributed by atoms with van der Waals surface area (Å²) in [5.41, 5.74) is 2.62. The van der Waals surface area contributed by atoms with E-state index in [4.69, 9.17) is 0 Å². The highest BCUT2D eigenvalue weighted by Gasteiger charge is 2.23. The van der Waals surface area contributed by atoms with E-state index in [-0.39, 0.29) is 0 Å². The third-order valence-electron chi connectivity index (χ3n) is 4.43. The third kappa shape index (κ3) is 3.89. The van der Waals surface area contributed by atoms with E-state index >= 15 is 0 Å². The van der Waals surface area contributed by atoms with Gasteiger partial charge in [0.1, 0.15) is 5.82 Å². The molecule has 0 bridgehead atoms. The Morgan fingerprint density at radius 2 is 2.05 bits per heavy atom. The van der Waals surface area contributed by atoms with Crippen LogP contribution in [0.5, 0.6) is 0 Å². The highest BCUT2D eigenvalue weighted by molar-refractivity contribution is 5.50. The quantitative estimate of drug-likeness (QED) is 0.890. The average Bonchev–Trinajstić information content (AvgIpc) is 3.29. The number of rotatable bonds is 5. The maximum absolute atomic E-state index is 4.54. The standard InChI is InChI=1S/C17H25N3/c1-13-18-10-9-17(20-13)11-15(12-19-16-7-8-16)14-5-3-2-4-6-14/h9-11,14,16,19H,2-8,12H2,1H3/b15-11-. The molecular formula is C17H25N3. The second-order valence-corrected chi connectivity index (χ2v) is 6.24. The molecule has 1 aromatic heterocycles. The molecule has 3 heteroatoms. The summed E-state index contributed by atoms with van der Waals surface area (Å²) >= 11 is 0. The fourth-order valence-corrected chi connectivity index (χ4v) is 3.08. The van der Waals surface area contributed by atoms with Gasteiger partial charge in [-0.2, -0.15) is 0 Å². The van der Waals surface area contributed by atoms with Crippen molar-refractivity contribution in [3.8, 4) is 0 Å². The Morgan fingerprint density at radius 3 is 2.75 bits per heavy atom. The zero-order chi connectivity index (χ0) is 13.8. The van der Waals surface area contributed by atoms with Crippen molar-refractivity contribution in [3.63, 3.8) is 0 Å². The van der Waals surface area contributed by atoms with Crippen LogP contribution in [0.3, 0.4) is 0 Å². The Labute approximate surface area is 121 Å². The molecule has 2 aliphatic carbocycles. The largest absolute Gasteiger partial charge is 0.310 e. The molecule has 3 rings (SSSR count). The molecule has 0 radical (unpaired) electrons. The van der Waals surface area contributed by atoms with Crippen molar-refractivity contribution in [1.82, 2.24) is 15.3 Å². The van der Waals surface area contributed by atoms with Gasteiger partial charge in [0.25, 0.3) is 0 Å². The molecule has 1 heterocycles. The molecule has 1 aromatic rings. The van der Waals surface area contributed by atoms with Gasteiger partial charge < -0.3 is 5.32 Å². The van der Waals surface area contributed by atoms with Crippen molar-refractivity contribution >= 4 is 6.08 Å². The molecule has 0 aromatic carbocycles. The topological polar surface area (TPSA) is 37.8 Å². The van der Waals surface area contributed by atoms with Gasteiger partial charge in [-0.25, -0.2) is 9.97 Å². The predicted octanol–water partition coefficient (Wildman–Crippen LogP) is 3.50. The molecule has 0 spiro atoms. The first-order chi connectivity index (χ1) is 9.81. The van der Waals surface area contributed by atoms with Gasteiger partial charge >= 0.3 is 0 Å². The molecule has 108 valence electrons. The Hall–Kier alpha value is -1.22. The minimum Gasteiger partial charge on any atom is -0.310 e. The molecule has 1 N–H and O–H groups in total. The smallest absolute Gasteiger partial charge is 0.125 e. The van der Waals surface area contributed by atoms with E-state index in [0.717, 1.165) is 30.0 Å². The molecule has 2 saturated carbocycles. The van der Waals surface area contributed by atoms with Crippen molar-refractivity contribution < 1.29 is 0 Å². The lowest BCUT2D eigenvalue weighted by Crippen LogP contribution is -2.24. The summed E-state index contributed by atoms with van der Waals surface area (Å²) in [6, 6.07) is 2.79. The van der Waals surface area contributed by atoms with E-state index < -0.39 is 0 Å². The molecule has 20 heavy (non-hydrogen) atoms. The summed E-state index contributed by atoms with van der Waals surface area (Å²) in [7, 11) is 0. The molecule has 0 aliphatic heterocycles. The Balaban J connectivity index is 1.74. The van der Waals surface area contributed by atoms with Gasteiger partial charge in [0.05, 0.1) is 5.69 Å². The minimum atomic E-state index is 0.755. The van der Waals surface area contributed by atoms with Crippen molar-refractivity contribution in [2.45, 2.75) is 57.9 Å². The SMILES string of the molecule is Cc1nccc(/C=C(/CNC2CC2)C2CCCCC2)n1. The normalized spacial score (nSPS) is 21.1. The van der Waals surface area contributed by atoms with Crippen LogP contribution in [0.1, 0.15) is 56.5 Å². The van der Waals surface area contributed by atoms with Crippen LogP contribution in [0.2, 0.25) is 0 Å². The Bertz CT molecular complexity index is 471. The number of hydrogen-bond donors (Lipinski definition) is 1. The van der Waals surface area contributed by atoms with Gasteiger partial charge in [0, 0.05) is 18.8 Å². The molecule has 0 amide bonds. The van der Waals surface area contributed by atoms with Crippen LogP contribution in [0.15, 0.2) is 17.8 Å². The second-order valence-electron chi connectivity index (χ2n) is 6.24. The van der Waals surface area contributed by atoms with Gasteiger partial charge in [-0.05, 0) is 50.7 Å². The van der Waals surface area contributed by atoms with Crippen LogP contribution in [-0.2, 0) is 0 Å². The van der Waals surface area contributed by atoms with E-state index in [9.17, 15) is 0 Å². The predicted molar refractivity (Wildman–Crippen MR) is 82.3 cm³/mol. The molecule has 3 nitrogen and oxygen atoms in total. The summed E-state index contributed by atoms with van der Waals surface area (Å²) in [5, 5.41) is 3.68. The number of nitrogens with one attached hydrogen (secondary N) is 1. The van der Waals surface area contributed by atoms with E-state index in [1.807, 2.05) is 19.2 Å². The fraction of sp³-hybridized carbons (Fsp3) is 0.647. The lowest BCUT2D eigenvalue weighted by molar-refractivity contribution is 0.396. The van der Waals surface area contributed by atoms with Crippen LogP contribution >= 0.6 is 0 Å². The summed E-state index contributed by atoms with van der Waals surface area (Å²) in [6.07, 6.45) is 13.7. The number of aromatic nitrogens is 2. The molecule has 0 saturated heterocycles. The van der Waals surface area contributed by atoms with Crippen molar-refractivity contribution in [3.05, 3.63) is 29.4 Å². The molecule has 2 fully saturated rings. The maximum atomic E-state index is 4.54. The highest BCUT2D eigenvalue weighted by Crippen LogP contribution is 2.31. The molecule has 0 unspecified atom stereocenters. The monoisotopic (exact) mass is 271 g/mol. The fourth-order valence-electron chi connectivity index (χ4n) is 3.08. The summed E-state index contributed by atoms with van der Waals surface area (Å²) in [5.74, 6) is 1.61. The van der Waals surface area contributed by atoms with Gasteiger partial charge in [-0.1, -0.05) is 24.8 Å². The highest BCUT2D eigenvalue weighted by atomic mass is 14.9. The van der Waals surface area contributed by atoms with Crippen LogP contribution < -0.4 is 5.32 Å². The van der Waals surface area contributed by atoms with E-state index in [2.05, 4.69) is 21.4 Å². The van der Waals surface area contributed by atoms with Crippen LogP contribution in [0, 0.1) is 12.8 Å². The van der Waals surface area contributed by atoms with E-state index in [0.29, 0.717) is 0 Å². The van der Waals surface area contributed by atoms with Gasteiger partial charge in [-0.15, -0.1) is 0 Å². The first-order valence-electron chi connectivity index (χ1n) is 8.05. The van der Waals surface area contributed by atoms with Crippen molar-refractivity contribution in [1.29, 1.82) is 0 Å². The number of aryl methyl sites for hydroxylation is 1. The van der Waals surface area contributed by atoms with Crippen molar-refractivity contribution in [2.24, 2.45) is 5.92 Å². The van der Waals surface area contributed by atoms with E-state index in [1.165, 1.54) is 44.9 Å². The Kier molecular flexibility index (Phi) is 4.46. The second kappa shape index (κ2) is 6.49. The molecule has 2 aliphatic rings. The van der Waals surface area contributed by atoms with Crippen molar-refractivity contribution in [2.75, 3.05) is 6.54 Å². The molecule has 0 atom stereocenters. The zero-order valence-electron chi connectivity index (χ0n) is 12.4. The van der Waals surface area contributed by atoms with Crippen LogP contribution in [0.25, 0.3) is 6.08 Å². The number of nitrogens with zero attached hydrogens (tertiary/aromatic N) is 2. The average molecular weight is 271 g/mol. The third-order valence-corrected chi connectivity index (χ3v) is 4.43. The first-order valence-corrected chi connectivity index (χ1v) is 8.05. The lowest BCUT2D eigenvalue weighted by Gasteiger charge is -2.25. The summed E-state index contributed by atoms with van der Waals surface area (Å²) < 4.78 is 0. The van der Waals surface area contributed by atoms with Gasteiger partial charge in [-0.3, -0.25) is 0 Å². The Morgan fingerprint density at radius 1 is 1.25 bits per heavy atom.